The lowest BCUT2D eigenvalue weighted by atomic mass is 9.94. The molecule has 0 aromatic heterocycles. The molecule has 5 nitrogen and oxygen atoms in total. The Hall–Kier alpha value is -1.59. The molecule has 1 saturated heterocycles. The van der Waals surface area contributed by atoms with E-state index in [9.17, 15) is 9.90 Å². The summed E-state index contributed by atoms with van der Waals surface area (Å²) in [4.78, 5) is 14.0. The molecule has 116 valence electrons. The van der Waals surface area contributed by atoms with Crippen LogP contribution in [0.5, 0.6) is 5.75 Å². The van der Waals surface area contributed by atoms with Gasteiger partial charge in [0.25, 0.3) is 0 Å². The molecule has 1 aromatic rings. The van der Waals surface area contributed by atoms with Crippen LogP contribution in [0.3, 0.4) is 0 Å². The highest BCUT2D eigenvalue weighted by molar-refractivity contribution is 5.78. The minimum Gasteiger partial charge on any atom is -0.497 e. The molecule has 21 heavy (non-hydrogen) atoms. The maximum absolute atomic E-state index is 12.0. The number of nitrogens with zero attached hydrogens (tertiary/aromatic N) is 1. The molecule has 2 rings (SSSR count). The van der Waals surface area contributed by atoms with Gasteiger partial charge >= 0.3 is 0 Å². The Morgan fingerprint density at radius 3 is 2.81 bits per heavy atom. The third-order valence-corrected chi connectivity index (χ3v) is 3.92. The number of nitrogens with one attached hydrogen (secondary N) is 1. The van der Waals surface area contributed by atoms with E-state index in [-0.39, 0.29) is 5.91 Å². The summed E-state index contributed by atoms with van der Waals surface area (Å²) in [5.74, 6) is 0.805. The fourth-order valence-electron chi connectivity index (χ4n) is 2.43. The number of piperidine rings is 1. The van der Waals surface area contributed by atoms with Crippen LogP contribution in [0.15, 0.2) is 24.3 Å². The van der Waals surface area contributed by atoms with Crippen LogP contribution in [0.1, 0.15) is 25.3 Å². The van der Waals surface area contributed by atoms with Gasteiger partial charge in [0.2, 0.25) is 5.91 Å². The van der Waals surface area contributed by atoms with Crippen LogP contribution in [0.2, 0.25) is 0 Å². The number of methoxy groups -OCH3 is 1. The van der Waals surface area contributed by atoms with E-state index in [2.05, 4.69) is 10.2 Å². The normalized spacial score (nSPS) is 18.2. The van der Waals surface area contributed by atoms with Crippen LogP contribution in [-0.2, 0) is 11.3 Å². The summed E-state index contributed by atoms with van der Waals surface area (Å²) >= 11 is 0. The molecule has 0 radical (unpaired) electrons. The largest absolute Gasteiger partial charge is 0.497 e. The van der Waals surface area contributed by atoms with Crippen LogP contribution in [-0.4, -0.2) is 48.3 Å². The highest BCUT2D eigenvalue weighted by atomic mass is 16.5. The lowest BCUT2D eigenvalue weighted by molar-refractivity contribution is -0.123. The molecular weight excluding hydrogens is 268 g/mol. The SMILES string of the molecule is COc1cccc(CNC(=O)CN2CCC(C)(O)CC2)c1. The Balaban J connectivity index is 1.75. The molecule has 0 bridgehead atoms. The molecule has 1 heterocycles. The first-order chi connectivity index (χ1) is 9.98. The second-order valence-electron chi connectivity index (χ2n) is 5.90. The second-order valence-corrected chi connectivity index (χ2v) is 5.90. The minimum absolute atomic E-state index is 0.0133. The maximum Gasteiger partial charge on any atom is 0.234 e. The molecule has 0 spiro atoms. The van der Waals surface area contributed by atoms with E-state index >= 15 is 0 Å². The van der Waals surface area contributed by atoms with E-state index in [4.69, 9.17) is 4.74 Å². The molecule has 1 aliphatic heterocycles. The quantitative estimate of drug-likeness (QED) is 0.855. The van der Waals surface area contributed by atoms with Gasteiger partial charge in [-0.3, -0.25) is 9.69 Å². The monoisotopic (exact) mass is 292 g/mol. The van der Waals surface area contributed by atoms with Gasteiger partial charge in [-0.1, -0.05) is 12.1 Å². The Labute approximate surface area is 125 Å². The van der Waals surface area contributed by atoms with Gasteiger partial charge in [0.15, 0.2) is 0 Å². The third-order valence-electron chi connectivity index (χ3n) is 3.92. The van der Waals surface area contributed by atoms with E-state index in [0.29, 0.717) is 13.1 Å². The molecule has 5 heteroatoms. The minimum atomic E-state index is -0.576. The highest BCUT2D eigenvalue weighted by Gasteiger charge is 2.27. The summed E-state index contributed by atoms with van der Waals surface area (Å²) in [6.07, 6.45) is 1.44. The van der Waals surface area contributed by atoms with Crippen molar-refractivity contribution in [2.24, 2.45) is 0 Å². The number of likely N-dealkylation sites (tertiary alicyclic amines) is 1. The van der Waals surface area contributed by atoms with Gasteiger partial charge in [-0.15, -0.1) is 0 Å². The standard InChI is InChI=1S/C16H24N2O3/c1-16(20)6-8-18(9-7-16)12-15(19)17-11-13-4-3-5-14(10-13)21-2/h3-5,10,20H,6-9,11-12H2,1-2H3,(H,17,19). The number of carbonyl (C=O) groups is 1. The molecule has 0 unspecified atom stereocenters. The van der Waals surface area contributed by atoms with Crippen molar-refractivity contribution in [1.82, 2.24) is 10.2 Å². The Bertz CT molecular complexity index is 478. The predicted octanol–water partition coefficient (Wildman–Crippen LogP) is 1.16. The van der Waals surface area contributed by atoms with E-state index in [0.717, 1.165) is 37.2 Å². The number of rotatable bonds is 5. The van der Waals surface area contributed by atoms with Crippen LogP contribution >= 0.6 is 0 Å². The number of hydrogen-bond donors (Lipinski definition) is 2. The number of hydrogen-bond acceptors (Lipinski definition) is 4. The van der Waals surface area contributed by atoms with Gasteiger partial charge in [-0.05, 0) is 37.5 Å². The van der Waals surface area contributed by atoms with Crippen LogP contribution in [0, 0.1) is 0 Å². The summed E-state index contributed by atoms with van der Waals surface area (Å²) in [7, 11) is 1.63. The van der Waals surface area contributed by atoms with E-state index < -0.39 is 5.60 Å². The number of amides is 1. The fraction of sp³-hybridized carbons (Fsp3) is 0.562. The van der Waals surface area contributed by atoms with Crippen molar-refractivity contribution in [3.8, 4) is 5.75 Å². The van der Waals surface area contributed by atoms with Crippen molar-refractivity contribution in [3.05, 3.63) is 29.8 Å². The molecule has 1 aromatic carbocycles. The average Bonchev–Trinajstić information content (AvgIpc) is 2.48. The smallest absolute Gasteiger partial charge is 0.234 e. The van der Waals surface area contributed by atoms with E-state index in [1.807, 2.05) is 31.2 Å². The number of ether oxygens (including phenoxy) is 1. The van der Waals surface area contributed by atoms with Crippen LogP contribution in [0.25, 0.3) is 0 Å². The Kier molecular flexibility index (Phi) is 5.20. The van der Waals surface area contributed by atoms with Crippen molar-refractivity contribution in [1.29, 1.82) is 0 Å². The van der Waals surface area contributed by atoms with Crippen molar-refractivity contribution >= 4 is 5.91 Å². The lowest BCUT2D eigenvalue weighted by Gasteiger charge is -2.35. The van der Waals surface area contributed by atoms with Gasteiger partial charge < -0.3 is 15.2 Å². The molecule has 0 aliphatic carbocycles. The number of carbonyl (C=O) groups excluding carboxylic acids is 1. The average molecular weight is 292 g/mol. The molecule has 1 aliphatic rings. The van der Waals surface area contributed by atoms with Gasteiger partial charge in [-0.25, -0.2) is 0 Å². The number of benzene rings is 1. The van der Waals surface area contributed by atoms with Gasteiger partial charge in [-0.2, -0.15) is 0 Å². The molecule has 1 fully saturated rings. The van der Waals surface area contributed by atoms with Gasteiger partial charge in [0, 0.05) is 19.6 Å². The van der Waals surface area contributed by atoms with Crippen LogP contribution in [0.4, 0.5) is 0 Å². The predicted molar refractivity (Wildman–Crippen MR) is 81.1 cm³/mol. The van der Waals surface area contributed by atoms with Gasteiger partial charge in [0.05, 0.1) is 19.3 Å². The van der Waals surface area contributed by atoms with Crippen molar-refractivity contribution in [2.45, 2.75) is 31.9 Å². The zero-order chi connectivity index (χ0) is 15.3. The van der Waals surface area contributed by atoms with Crippen molar-refractivity contribution in [3.63, 3.8) is 0 Å². The Morgan fingerprint density at radius 1 is 1.43 bits per heavy atom. The van der Waals surface area contributed by atoms with Gasteiger partial charge in [0.1, 0.15) is 5.75 Å². The van der Waals surface area contributed by atoms with E-state index in [1.165, 1.54) is 0 Å². The van der Waals surface area contributed by atoms with Crippen molar-refractivity contribution < 1.29 is 14.6 Å². The van der Waals surface area contributed by atoms with E-state index in [1.54, 1.807) is 7.11 Å². The summed E-state index contributed by atoms with van der Waals surface area (Å²) in [6.45, 7) is 4.27. The molecule has 2 N–H and O–H groups in total. The molecule has 0 saturated carbocycles. The van der Waals surface area contributed by atoms with Crippen molar-refractivity contribution in [2.75, 3.05) is 26.7 Å². The molecular formula is C16H24N2O3. The Morgan fingerprint density at radius 2 is 2.14 bits per heavy atom. The topological polar surface area (TPSA) is 61.8 Å². The fourth-order valence-corrected chi connectivity index (χ4v) is 2.43. The highest BCUT2D eigenvalue weighted by Crippen LogP contribution is 2.20. The zero-order valence-corrected chi connectivity index (χ0v) is 12.8. The second kappa shape index (κ2) is 6.91. The first kappa shape index (κ1) is 15.8. The summed E-state index contributed by atoms with van der Waals surface area (Å²) in [6, 6.07) is 7.66. The zero-order valence-electron chi connectivity index (χ0n) is 12.8. The summed E-state index contributed by atoms with van der Waals surface area (Å²) in [5, 5.41) is 12.8. The lowest BCUT2D eigenvalue weighted by Crippen LogP contribution is -2.46. The summed E-state index contributed by atoms with van der Waals surface area (Å²) < 4.78 is 5.16. The summed E-state index contributed by atoms with van der Waals surface area (Å²) in [5.41, 5.74) is 0.442. The first-order valence-electron chi connectivity index (χ1n) is 7.33. The third kappa shape index (κ3) is 5.02. The first-order valence-corrected chi connectivity index (χ1v) is 7.33. The molecule has 0 atom stereocenters. The maximum atomic E-state index is 12.0. The van der Waals surface area contributed by atoms with Crippen LogP contribution < -0.4 is 10.1 Å². The number of aliphatic hydroxyl groups is 1. The molecule has 1 amide bonds.